The van der Waals surface area contributed by atoms with Crippen LogP contribution in [0, 0.1) is 11.8 Å². The zero-order chi connectivity index (χ0) is 7.84. The molecule has 2 saturated heterocycles. The minimum absolute atomic E-state index is 0.744. The van der Waals surface area contributed by atoms with Crippen molar-refractivity contribution in [2.75, 3.05) is 32.4 Å². The smallest absolute Gasteiger partial charge is 0.0910 e. The lowest BCUT2D eigenvalue weighted by Crippen LogP contribution is -2.26. The molecule has 0 radical (unpaired) electrons. The molecule has 2 heterocycles. The Morgan fingerprint density at radius 1 is 1.36 bits per heavy atom. The first kappa shape index (κ1) is 7.71. The Labute approximate surface area is 69.7 Å². The molecule has 0 amide bonds. The maximum absolute atomic E-state index is 11.1. The number of nitrogens with zero attached hydrogens (tertiary/aromatic N) is 1. The van der Waals surface area contributed by atoms with Gasteiger partial charge in [0, 0.05) is 19.3 Å². The van der Waals surface area contributed by atoms with Crippen molar-refractivity contribution in [3.63, 3.8) is 0 Å². The molecule has 3 atom stereocenters. The van der Waals surface area contributed by atoms with E-state index in [4.69, 9.17) is 0 Å². The fourth-order valence-electron chi connectivity index (χ4n) is 2.02. The van der Waals surface area contributed by atoms with E-state index in [-0.39, 0.29) is 0 Å². The van der Waals surface area contributed by atoms with E-state index in [0.29, 0.717) is 0 Å². The van der Waals surface area contributed by atoms with Gasteiger partial charge in [0.2, 0.25) is 0 Å². The zero-order valence-corrected chi connectivity index (χ0v) is 7.56. The van der Waals surface area contributed by atoms with Crippen molar-refractivity contribution >= 4 is 11.0 Å². The van der Waals surface area contributed by atoms with E-state index >= 15 is 0 Å². The lowest BCUT2D eigenvalue weighted by Gasteiger charge is -2.11. The summed E-state index contributed by atoms with van der Waals surface area (Å²) < 4.78 is 13.2. The minimum atomic E-state index is -0.744. The summed E-state index contributed by atoms with van der Waals surface area (Å²) in [4.78, 5) is 0. The standard InChI is InChI=1S/C7H14N2OS/c1-11(10)9-4-6-2-8-3-7(6)5-9/h6-8H,2-5H2,1H3/t6-,7+,11?. The zero-order valence-electron chi connectivity index (χ0n) is 6.75. The number of fused-ring (bicyclic) bond motifs is 1. The first-order chi connectivity index (χ1) is 5.27. The molecule has 0 aromatic carbocycles. The summed E-state index contributed by atoms with van der Waals surface area (Å²) in [5.41, 5.74) is 0. The van der Waals surface area contributed by atoms with E-state index < -0.39 is 11.0 Å². The Hall–Kier alpha value is 0.0700. The van der Waals surface area contributed by atoms with Crippen LogP contribution in [0.15, 0.2) is 0 Å². The van der Waals surface area contributed by atoms with E-state index in [1.165, 1.54) is 0 Å². The lowest BCUT2D eigenvalue weighted by atomic mass is 10.0. The maximum Gasteiger partial charge on any atom is 0.0910 e. The van der Waals surface area contributed by atoms with Crippen LogP contribution in [-0.4, -0.2) is 40.9 Å². The highest BCUT2D eigenvalue weighted by Crippen LogP contribution is 2.26. The number of rotatable bonds is 1. The summed E-state index contributed by atoms with van der Waals surface area (Å²) in [5.74, 6) is 1.53. The molecule has 2 aliphatic heterocycles. The molecule has 2 aliphatic rings. The second kappa shape index (κ2) is 2.84. The van der Waals surface area contributed by atoms with Gasteiger partial charge in [0.15, 0.2) is 0 Å². The van der Waals surface area contributed by atoms with Crippen LogP contribution in [0.2, 0.25) is 0 Å². The van der Waals surface area contributed by atoms with Crippen LogP contribution in [0.4, 0.5) is 0 Å². The van der Waals surface area contributed by atoms with Gasteiger partial charge in [0.05, 0.1) is 11.0 Å². The van der Waals surface area contributed by atoms with Crippen LogP contribution in [-0.2, 0) is 11.0 Å². The van der Waals surface area contributed by atoms with Crippen LogP contribution in [0.3, 0.4) is 0 Å². The van der Waals surface area contributed by atoms with Gasteiger partial charge in [0.25, 0.3) is 0 Å². The second-order valence-electron chi connectivity index (χ2n) is 3.45. The van der Waals surface area contributed by atoms with Gasteiger partial charge in [-0.3, -0.25) is 0 Å². The molecule has 64 valence electrons. The first-order valence-electron chi connectivity index (χ1n) is 4.06. The van der Waals surface area contributed by atoms with Crippen LogP contribution in [0.25, 0.3) is 0 Å². The average Bonchev–Trinajstić information content (AvgIpc) is 2.40. The van der Waals surface area contributed by atoms with E-state index in [1.807, 2.05) is 0 Å². The first-order valence-corrected chi connectivity index (χ1v) is 5.58. The van der Waals surface area contributed by atoms with Gasteiger partial charge >= 0.3 is 0 Å². The maximum atomic E-state index is 11.1. The highest BCUT2D eigenvalue weighted by atomic mass is 32.2. The summed E-state index contributed by atoms with van der Waals surface area (Å²) in [6.07, 6.45) is 1.77. The molecular formula is C7H14N2OS. The second-order valence-corrected chi connectivity index (χ2v) is 4.81. The summed E-state index contributed by atoms with van der Waals surface area (Å²) in [7, 11) is -0.744. The number of hydrogen-bond donors (Lipinski definition) is 1. The van der Waals surface area contributed by atoms with Crippen molar-refractivity contribution in [2.45, 2.75) is 0 Å². The summed E-state index contributed by atoms with van der Waals surface area (Å²) in [5, 5.41) is 3.36. The molecule has 0 aromatic heterocycles. The molecular weight excluding hydrogens is 160 g/mol. The third-order valence-electron chi connectivity index (χ3n) is 2.72. The molecule has 3 nitrogen and oxygen atoms in total. The Kier molecular flexibility index (Phi) is 1.99. The van der Waals surface area contributed by atoms with Gasteiger partial charge in [-0.2, -0.15) is 0 Å². The van der Waals surface area contributed by atoms with Crippen LogP contribution in [0.5, 0.6) is 0 Å². The number of nitrogens with one attached hydrogen (secondary N) is 1. The Morgan fingerprint density at radius 2 is 1.91 bits per heavy atom. The molecule has 0 saturated carbocycles. The summed E-state index contributed by atoms with van der Waals surface area (Å²) in [6, 6.07) is 0. The lowest BCUT2D eigenvalue weighted by molar-refractivity contribution is 0.492. The molecule has 2 fully saturated rings. The Balaban J connectivity index is 1.99. The summed E-state index contributed by atoms with van der Waals surface area (Å²) >= 11 is 0. The molecule has 1 N–H and O–H groups in total. The van der Waals surface area contributed by atoms with Crippen molar-refractivity contribution in [3.05, 3.63) is 0 Å². The molecule has 0 bridgehead atoms. The van der Waals surface area contributed by atoms with Gasteiger partial charge in [-0.25, -0.2) is 8.51 Å². The SMILES string of the molecule is CS(=O)N1C[C@H]2CNC[C@H]2C1. The average molecular weight is 174 g/mol. The van der Waals surface area contributed by atoms with E-state index in [2.05, 4.69) is 9.62 Å². The highest BCUT2D eigenvalue weighted by molar-refractivity contribution is 7.81. The van der Waals surface area contributed by atoms with Gasteiger partial charge in [-0.15, -0.1) is 0 Å². The van der Waals surface area contributed by atoms with Gasteiger partial charge in [-0.05, 0) is 24.9 Å². The van der Waals surface area contributed by atoms with Crippen molar-refractivity contribution in [1.29, 1.82) is 0 Å². The number of hydrogen-bond acceptors (Lipinski definition) is 2. The third kappa shape index (κ3) is 1.35. The van der Waals surface area contributed by atoms with E-state index in [9.17, 15) is 4.21 Å². The van der Waals surface area contributed by atoms with Crippen LogP contribution < -0.4 is 5.32 Å². The van der Waals surface area contributed by atoms with Crippen LogP contribution >= 0.6 is 0 Å². The van der Waals surface area contributed by atoms with Gasteiger partial charge in [-0.1, -0.05) is 0 Å². The predicted octanol–water partition coefficient (Wildman–Crippen LogP) is -0.569. The molecule has 11 heavy (non-hydrogen) atoms. The van der Waals surface area contributed by atoms with Crippen molar-refractivity contribution in [2.24, 2.45) is 11.8 Å². The van der Waals surface area contributed by atoms with E-state index in [1.54, 1.807) is 6.26 Å². The van der Waals surface area contributed by atoms with Gasteiger partial charge in [0.1, 0.15) is 0 Å². The van der Waals surface area contributed by atoms with Crippen LogP contribution in [0.1, 0.15) is 0 Å². The van der Waals surface area contributed by atoms with Crippen molar-refractivity contribution in [1.82, 2.24) is 9.62 Å². The molecule has 1 unspecified atom stereocenters. The quantitative estimate of drug-likeness (QED) is 0.577. The predicted molar refractivity (Wildman–Crippen MR) is 45.5 cm³/mol. The largest absolute Gasteiger partial charge is 0.316 e. The molecule has 4 heteroatoms. The molecule has 0 aromatic rings. The van der Waals surface area contributed by atoms with E-state index in [0.717, 1.165) is 38.0 Å². The minimum Gasteiger partial charge on any atom is -0.316 e. The highest BCUT2D eigenvalue weighted by Gasteiger charge is 2.37. The fourth-order valence-corrected chi connectivity index (χ4v) is 2.83. The molecule has 0 spiro atoms. The van der Waals surface area contributed by atoms with Gasteiger partial charge < -0.3 is 5.32 Å². The molecule has 0 aliphatic carbocycles. The fraction of sp³-hybridized carbons (Fsp3) is 1.00. The Bertz CT molecular complexity index is 173. The normalized spacial score (nSPS) is 40.8. The Morgan fingerprint density at radius 3 is 2.36 bits per heavy atom. The van der Waals surface area contributed by atoms with Crippen molar-refractivity contribution < 1.29 is 4.21 Å². The third-order valence-corrected chi connectivity index (χ3v) is 3.74. The summed E-state index contributed by atoms with van der Waals surface area (Å²) in [6.45, 7) is 4.30. The topological polar surface area (TPSA) is 32.3 Å². The van der Waals surface area contributed by atoms with Crippen molar-refractivity contribution in [3.8, 4) is 0 Å². The molecule has 2 rings (SSSR count). The monoisotopic (exact) mass is 174 g/mol.